The standard InChI is InChI=1S/C47H53N3O5/c1-31-7-15-42-35(25-31)10-16-41(33-5-3-2-4-6-33)46(42)34-8-13-40(14-9-34)55-24-21-32-29-50(30-32)37-19-22-49(23-20-37)38-11-17-43(47(53)54)36(26-38)28-48-44-18-12-39(51)27-45(44)52/h2-9,11,13-15,17,25-26,32,37,41,44,46,48H,10,12,16,18-24,27-30H2,1H3,(H,53,54)/t41-,44?,46+/m1/s1. The van der Waals surface area contributed by atoms with Crippen LogP contribution < -0.4 is 15.0 Å². The second-order valence-electron chi connectivity index (χ2n) is 16.3. The Kier molecular flexibility index (Phi) is 11.2. The van der Waals surface area contributed by atoms with Gasteiger partial charge in [0.05, 0.1) is 24.6 Å². The fourth-order valence-corrected chi connectivity index (χ4v) is 9.57. The van der Waals surface area contributed by atoms with Crippen LogP contribution in [0.25, 0.3) is 0 Å². The van der Waals surface area contributed by atoms with Crippen molar-refractivity contribution in [1.29, 1.82) is 0 Å². The van der Waals surface area contributed by atoms with Crippen LogP contribution in [-0.2, 0) is 22.6 Å². The number of nitrogens with one attached hydrogen (secondary N) is 1. The fraction of sp³-hybridized carbons (Fsp3) is 0.426. The second-order valence-corrected chi connectivity index (χ2v) is 16.3. The predicted molar refractivity (Wildman–Crippen MR) is 215 cm³/mol. The van der Waals surface area contributed by atoms with Crippen molar-refractivity contribution in [3.05, 3.63) is 130 Å². The molecular weight excluding hydrogens is 687 g/mol. The van der Waals surface area contributed by atoms with E-state index in [2.05, 4.69) is 94.8 Å². The predicted octanol–water partition coefficient (Wildman–Crippen LogP) is 7.71. The van der Waals surface area contributed by atoms with E-state index in [9.17, 15) is 19.5 Å². The Hall–Kier alpha value is -4.79. The molecule has 2 saturated heterocycles. The highest BCUT2D eigenvalue weighted by Gasteiger charge is 2.35. The second kappa shape index (κ2) is 16.5. The summed E-state index contributed by atoms with van der Waals surface area (Å²) in [5, 5.41) is 13.0. The highest BCUT2D eigenvalue weighted by molar-refractivity contribution is 6.03. The van der Waals surface area contributed by atoms with E-state index in [1.165, 1.54) is 27.8 Å². The summed E-state index contributed by atoms with van der Waals surface area (Å²) < 4.78 is 6.29. The molecule has 1 saturated carbocycles. The van der Waals surface area contributed by atoms with Crippen LogP contribution in [0.1, 0.15) is 101 Å². The van der Waals surface area contributed by atoms with Crippen LogP contribution in [-0.4, -0.2) is 72.4 Å². The number of carboxylic acid groups (broad SMARTS) is 1. The molecule has 2 aliphatic heterocycles. The number of likely N-dealkylation sites (tertiary alicyclic amines) is 1. The molecule has 2 heterocycles. The maximum absolute atomic E-state index is 12.3. The molecule has 55 heavy (non-hydrogen) atoms. The first-order chi connectivity index (χ1) is 26.8. The van der Waals surface area contributed by atoms with E-state index >= 15 is 0 Å². The van der Waals surface area contributed by atoms with Crippen molar-refractivity contribution in [2.75, 3.05) is 37.7 Å². The van der Waals surface area contributed by atoms with Crippen LogP contribution in [0.4, 0.5) is 5.69 Å². The quantitative estimate of drug-likeness (QED) is 0.143. The van der Waals surface area contributed by atoms with Crippen LogP contribution in [0.15, 0.2) is 91.0 Å². The summed E-state index contributed by atoms with van der Waals surface area (Å²) in [6, 6.07) is 32.6. The van der Waals surface area contributed by atoms with Gasteiger partial charge in [-0.05, 0) is 115 Å². The van der Waals surface area contributed by atoms with Gasteiger partial charge in [-0.15, -0.1) is 0 Å². The highest BCUT2D eigenvalue weighted by atomic mass is 16.5. The van der Waals surface area contributed by atoms with Crippen molar-refractivity contribution >= 4 is 23.2 Å². The molecule has 3 atom stereocenters. The van der Waals surface area contributed by atoms with Crippen molar-refractivity contribution in [2.45, 2.75) is 88.8 Å². The minimum atomic E-state index is -0.976. The van der Waals surface area contributed by atoms with E-state index in [-0.39, 0.29) is 30.1 Å². The van der Waals surface area contributed by atoms with E-state index in [0.717, 1.165) is 76.3 Å². The van der Waals surface area contributed by atoms with Crippen molar-refractivity contribution in [3.63, 3.8) is 0 Å². The van der Waals surface area contributed by atoms with Gasteiger partial charge in [0.25, 0.3) is 0 Å². The number of aromatic carboxylic acids is 1. The zero-order valence-electron chi connectivity index (χ0n) is 31.9. The van der Waals surface area contributed by atoms with Gasteiger partial charge < -0.3 is 20.1 Å². The molecule has 8 heteroatoms. The number of piperidine rings is 1. The van der Waals surface area contributed by atoms with Gasteiger partial charge in [0, 0.05) is 56.8 Å². The topological polar surface area (TPSA) is 99.2 Å². The Morgan fingerprint density at radius 2 is 1.64 bits per heavy atom. The Morgan fingerprint density at radius 1 is 0.855 bits per heavy atom. The third kappa shape index (κ3) is 8.41. The van der Waals surface area contributed by atoms with Gasteiger partial charge in [0.1, 0.15) is 11.5 Å². The molecule has 4 aromatic rings. The molecule has 0 aromatic heterocycles. The van der Waals surface area contributed by atoms with E-state index in [1.807, 2.05) is 12.1 Å². The average Bonchev–Trinajstić information content (AvgIpc) is 3.18. The average molecular weight is 740 g/mol. The lowest BCUT2D eigenvalue weighted by molar-refractivity contribution is -0.131. The largest absolute Gasteiger partial charge is 0.494 e. The molecule has 8 nitrogen and oxygen atoms in total. The van der Waals surface area contributed by atoms with Crippen LogP contribution in [0, 0.1) is 12.8 Å². The number of nitrogens with zero attached hydrogens (tertiary/aromatic N) is 2. The number of hydrogen-bond donors (Lipinski definition) is 2. The van der Waals surface area contributed by atoms with Crippen LogP contribution in [0.2, 0.25) is 0 Å². The lowest BCUT2D eigenvalue weighted by atomic mass is 9.69. The van der Waals surface area contributed by atoms with Crippen molar-refractivity contribution < 1.29 is 24.2 Å². The number of fused-ring (bicyclic) bond motifs is 1. The molecule has 3 fully saturated rings. The SMILES string of the molecule is Cc1ccc2c(c1)CC[C@H](c1ccccc1)[C@@H]2c1ccc(OCCC2CN(C3CCN(c4ccc(C(=O)O)c(CNC5CCC(=O)CC5=O)c4)CC3)C2)cc1. The van der Waals surface area contributed by atoms with Gasteiger partial charge in [-0.3, -0.25) is 14.5 Å². The van der Waals surface area contributed by atoms with Crippen molar-refractivity contribution in [3.8, 4) is 5.75 Å². The Bertz CT molecular complexity index is 2000. The first-order valence-electron chi connectivity index (χ1n) is 20.3. The van der Waals surface area contributed by atoms with Crippen LogP contribution >= 0.6 is 0 Å². The first-order valence-corrected chi connectivity index (χ1v) is 20.3. The summed E-state index contributed by atoms with van der Waals surface area (Å²) in [5.74, 6) is 1.28. The molecule has 0 bridgehead atoms. The minimum Gasteiger partial charge on any atom is -0.494 e. The normalized spacial score (nSPS) is 22.3. The highest BCUT2D eigenvalue weighted by Crippen LogP contribution is 2.46. The van der Waals surface area contributed by atoms with Crippen LogP contribution in [0.3, 0.4) is 0 Å². The number of anilines is 1. The van der Waals surface area contributed by atoms with Crippen molar-refractivity contribution in [2.24, 2.45) is 5.92 Å². The number of carbonyl (C=O) groups is 3. The van der Waals surface area contributed by atoms with Gasteiger partial charge in [0.2, 0.25) is 0 Å². The molecule has 1 unspecified atom stereocenters. The summed E-state index contributed by atoms with van der Waals surface area (Å²) >= 11 is 0. The number of Topliss-reactive ketones (excluding diaryl/α,β-unsaturated/α-hetero) is 2. The number of ether oxygens (including phenoxy) is 1. The van der Waals surface area contributed by atoms with Gasteiger partial charge in [-0.2, -0.15) is 0 Å². The molecule has 0 amide bonds. The van der Waals surface area contributed by atoms with Crippen molar-refractivity contribution in [1.82, 2.24) is 10.2 Å². The molecule has 286 valence electrons. The number of aryl methyl sites for hydroxylation is 2. The minimum absolute atomic E-state index is 0.0198. The third-order valence-corrected chi connectivity index (χ3v) is 12.7. The van der Waals surface area contributed by atoms with Crippen LogP contribution in [0.5, 0.6) is 5.75 Å². The lowest BCUT2D eigenvalue weighted by Crippen LogP contribution is -2.55. The van der Waals surface area contributed by atoms with E-state index in [4.69, 9.17) is 4.74 Å². The number of carboxylic acids is 1. The summed E-state index contributed by atoms with van der Waals surface area (Å²) in [6.45, 7) is 7.27. The Labute approximate surface area is 324 Å². The summed E-state index contributed by atoms with van der Waals surface area (Å²) in [5.41, 5.74) is 8.98. The van der Waals surface area contributed by atoms with E-state index in [0.29, 0.717) is 42.2 Å². The van der Waals surface area contributed by atoms with Gasteiger partial charge >= 0.3 is 5.97 Å². The summed E-state index contributed by atoms with van der Waals surface area (Å²) in [7, 11) is 0. The zero-order chi connectivity index (χ0) is 37.9. The van der Waals surface area contributed by atoms with Gasteiger partial charge in [0.15, 0.2) is 5.78 Å². The zero-order valence-corrected chi connectivity index (χ0v) is 31.9. The molecule has 0 radical (unpaired) electrons. The van der Waals surface area contributed by atoms with E-state index < -0.39 is 12.0 Å². The van der Waals surface area contributed by atoms with Gasteiger partial charge in [-0.1, -0.05) is 66.2 Å². The Balaban J connectivity index is 0.800. The summed E-state index contributed by atoms with van der Waals surface area (Å²) in [4.78, 5) is 40.9. The summed E-state index contributed by atoms with van der Waals surface area (Å²) in [6.07, 6.45) is 6.29. The lowest BCUT2D eigenvalue weighted by Gasteiger charge is -2.47. The van der Waals surface area contributed by atoms with Gasteiger partial charge in [-0.25, -0.2) is 4.79 Å². The molecular formula is C47H53N3O5. The molecule has 4 aromatic carbocycles. The number of carbonyl (C=O) groups excluding carboxylic acids is 2. The molecule has 8 rings (SSSR count). The monoisotopic (exact) mass is 739 g/mol. The molecule has 2 N–H and O–H groups in total. The number of benzene rings is 4. The number of hydrogen-bond acceptors (Lipinski definition) is 7. The molecule has 2 aliphatic carbocycles. The van der Waals surface area contributed by atoms with E-state index in [1.54, 1.807) is 6.07 Å². The fourth-order valence-electron chi connectivity index (χ4n) is 9.57. The molecule has 0 spiro atoms. The maximum atomic E-state index is 12.3. The third-order valence-electron chi connectivity index (χ3n) is 12.7. The molecule has 4 aliphatic rings. The number of rotatable bonds is 12. The first kappa shape index (κ1) is 37.1. The maximum Gasteiger partial charge on any atom is 0.336 e. The number of ketones is 2. The Morgan fingerprint density at radius 3 is 2.38 bits per heavy atom. The smallest absolute Gasteiger partial charge is 0.336 e.